The molecule has 0 aromatic heterocycles. The number of amides is 1. The second-order valence-electron chi connectivity index (χ2n) is 4.82. The molecule has 1 aliphatic carbocycles. The van der Waals surface area contributed by atoms with Crippen LogP contribution >= 0.6 is 0 Å². The molecule has 0 bridgehead atoms. The zero-order valence-electron chi connectivity index (χ0n) is 9.33. The van der Waals surface area contributed by atoms with Gasteiger partial charge < -0.3 is 15.3 Å². The maximum absolute atomic E-state index is 11.8. The minimum atomic E-state index is -0.599. The first-order valence-corrected chi connectivity index (χ1v) is 5.83. The third kappa shape index (κ3) is 2.16. The molecule has 1 atom stereocenters. The van der Waals surface area contributed by atoms with E-state index in [2.05, 4.69) is 5.32 Å². The zero-order valence-corrected chi connectivity index (χ0v) is 9.33. The van der Waals surface area contributed by atoms with Gasteiger partial charge in [0, 0.05) is 13.1 Å². The fourth-order valence-electron chi connectivity index (χ4n) is 2.71. The number of β-amino-alcohol motifs (C(OH)–C–C–N with tert-alkyl or cyclic N) is 1. The molecule has 2 N–H and O–H groups in total. The molecule has 0 radical (unpaired) electrons. The van der Waals surface area contributed by atoms with Gasteiger partial charge in [-0.05, 0) is 26.3 Å². The highest BCUT2D eigenvalue weighted by Crippen LogP contribution is 2.31. The topological polar surface area (TPSA) is 52.6 Å². The zero-order chi connectivity index (χ0) is 10.9. The molecule has 1 saturated carbocycles. The van der Waals surface area contributed by atoms with Crippen LogP contribution in [-0.2, 0) is 4.79 Å². The van der Waals surface area contributed by atoms with Crippen LogP contribution in [0.4, 0.5) is 0 Å². The lowest BCUT2D eigenvalue weighted by molar-refractivity contribution is -0.132. The normalized spacial score (nSPS) is 30.1. The molecule has 86 valence electrons. The Kier molecular flexibility index (Phi) is 2.98. The maximum Gasteiger partial charge on any atom is 0.239 e. The Bertz CT molecular complexity index is 249. The molecular formula is C11H20N2O2. The van der Waals surface area contributed by atoms with E-state index in [1.807, 2.05) is 11.9 Å². The van der Waals surface area contributed by atoms with Crippen molar-refractivity contribution in [3.63, 3.8) is 0 Å². The van der Waals surface area contributed by atoms with Crippen molar-refractivity contribution in [3.8, 4) is 0 Å². The number of carbonyl (C=O) groups excluding carboxylic acids is 1. The predicted molar refractivity (Wildman–Crippen MR) is 57.5 cm³/mol. The number of hydrogen-bond donors (Lipinski definition) is 2. The van der Waals surface area contributed by atoms with Crippen LogP contribution in [0.2, 0.25) is 0 Å². The number of likely N-dealkylation sites (N-methyl/N-ethyl adjacent to an activating group) is 1. The first-order chi connectivity index (χ1) is 7.14. The fraction of sp³-hybridized carbons (Fsp3) is 0.909. The smallest absolute Gasteiger partial charge is 0.239 e. The van der Waals surface area contributed by atoms with Crippen LogP contribution in [0.5, 0.6) is 0 Å². The summed E-state index contributed by atoms with van der Waals surface area (Å²) in [6, 6.07) is -0.0324. The van der Waals surface area contributed by atoms with Crippen LogP contribution in [0.25, 0.3) is 0 Å². The van der Waals surface area contributed by atoms with Crippen LogP contribution < -0.4 is 5.32 Å². The van der Waals surface area contributed by atoms with Gasteiger partial charge in [-0.3, -0.25) is 4.79 Å². The quantitative estimate of drug-likeness (QED) is 0.698. The van der Waals surface area contributed by atoms with Crippen molar-refractivity contribution in [3.05, 3.63) is 0 Å². The van der Waals surface area contributed by atoms with Crippen molar-refractivity contribution >= 4 is 5.91 Å². The molecule has 1 aliphatic heterocycles. The van der Waals surface area contributed by atoms with Crippen molar-refractivity contribution in [2.45, 2.75) is 43.7 Å². The molecule has 0 aromatic rings. The van der Waals surface area contributed by atoms with Crippen LogP contribution in [0.1, 0.15) is 32.1 Å². The van der Waals surface area contributed by atoms with Gasteiger partial charge in [-0.2, -0.15) is 0 Å². The van der Waals surface area contributed by atoms with Crippen molar-refractivity contribution < 1.29 is 9.90 Å². The number of nitrogens with one attached hydrogen (secondary N) is 1. The number of rotatable bonds is 3. The average Bonchev–Trinajstić information content (AvgIpc) is 2.76. The van der Waals surface area contributed by atoms with Crippen molar-refractivity contribution in [2.24, 2.45) is 0 Å². The highest BCUT2D eigenvalue weighted by Gasteiger charge is 2.38. The number of nitrogens with zero attached hydrogens (tertiary/aromatic N) is 1. The highest BCUT2D eigenvalue weighted by molar-refractivity contribution is 5.84. The van der Waals surface area contributed by atoms with Gasteiger partial charge in [0.05, 0.1) is 11.6 Å². The summed E-state index contributed by atoms with van der Waals surface area (Å²) in [5, 5.41) is 13.2. The van der Waals surface area contributed by atoms with Gasteiger partial charge in [0.2, 0.25) is 5.91 Å². The molecule has 1 amide bonds. The van der Waals surface area contributed by atoms with Crippen LogP contribution in [0, 0.1) is 0 Å². The molecule has 0 aromatic carbocycles. The number of likely N-dealkylation sites (tertiary alicyclic amines) is 1. The van der Waals surface area contributed by atoms with Gasteiger partial charge in [-0.1, -0.05) is 12.8 Å². The highest BCUT2D eigenvalue weighted by atomic mass is 16.3. The standard InChI is InChI=1S/C11H20N2O2/c1-12-9-4-7-13(10(9)14)8-11(15)5-2-3-6-11/h9,12,15H,2-8H2,1H3. The van der Waals surface area contributed by atoms with Gasteiger partial charge >= 0.3 is 0 Å². The number of carbonyl (C=O) groups is 1. The molecule has 1 heterocycles. The average molecular weight is 212 g/mol. The predicted octanol–water partition coefficient (Wildman–Crippen LogP) is 0.112. The van der Waals surface area contributed by atoms with Crippen LogP contribution in [0.3, 0.4) is 0 Å². The van der Waals surface area contributed by atoms with Gasteiger partial charge in [0.1, 0.15) is 0 Å². The lowest BCUT2D eigenvalue weighted by atomic mass is 10.0. The molecule has 1 unspecified atom stereocenters. The maximum atomic E-state index is 11.8. The molecule has 2 fully saturated rings. The second-order valence-corrected chi connectivity index (χ2v) is 4.82. The summed E-state index contributed by atoms with van der Waals surface area (Å²) in [4.78, 5) is 13.6. The number of hydrogen-bond acceptors (Lipinski definition) is 3. The molecule has 0 spiro atoms. The Balaban J connectivity index is 1.93. The SMILES string of the molecule is CNC1CCN(CC2(O)CCCC2)C1=O. The lowest BCUT2D eigenvalue weighted by Gasteiger charge is -2.28. The molecule has 4 heteroatoms. The van der Waals surface area contributed by atoms with Crippen LogP contribution in [-0.4, -0.2) is 47.7 Å². The van der Waals surface area contributed by atoms with Crippen molar-refractivity contribution in [1.29, 1.82) is 0 Å². The fourth-order valence-corrected chi connectivity index (χ4v) is 2.71. The van der Waals surface area contributed by atoms with E-state index in [4.69, 9.17) is 0 Å². The van der Waals surface area contributed by atoms with E-state index in [9.17, 15) is 9.90 Å². The summed E-state index contributed by atoms with van der Waals surface area (Å²) in [5.74, 6) is 0.151. The van der Waals surface area contributed by atoms with E-state index in [0.29, 0.717) is 6.54 Å². The first-order valence-electron chi connectivity index (χ1n) is 5.83. The first kappa shape index (κ1) is 10.9. The molecule has 1 saturated heterocycles. The second kappa shape index (κ2) is 4.10. The Morgan fingerprint density at radius 1 is 1.53 bits per heavy atom. The van der Waals surface area contributed by atoms with Gasteiger partial charge in [0.25, 0.3) is 0 Å². The summed E-state index contributed by atoms with van der Waals surface area (Å²) in [6.45, 7) is 1.32. The summed E-state index contributed by atoms with van der Waals surface area (Å²) < 4.78 is 0. The van der Waals surface area contributed by atoms with E-state index in [-0.39, 0.29) is 11.9 Å². The van der Waals surface area contributed by atoms with Crippen molar-refractivity contribution in [1.82, 2.24) is 10.2 Å². The molecule has 15 heavy (non-hydrogen) atoms. The van der Waals surface area contributed by atoms with E-state index in [1.165, 1.54) is 0 Å². The van der Waals surface area contributed by atoms with Crippen LogP contribution in [0.15, 0.2) is 0 Å². The molecule has 2 rings (SSSR count). The Labute approximate surface area is 90.6 Å². The monoisotopic (exact) mass is 212 g/mol. The minimum absolute atomic E-state index is 0.0324. The van der Waals surface area contributed by atoms with E-state index in [0.717, 1.165) is 38.6 Å². The van der Waals surface area contributed by atoms with E-state index in [1.54, 1.807) is 0 Å². The largest absolute Gasteiger partial charge is 0.388 e. The Morgan fingerprint density at radius 2 is 2.20 bits per heavy atom. The summed E-state index contributed by atoms with van der Waals surface area (Å²) >= 11 is 0. The third-order valence-corrected chi connectivity index (χ3v) is 3.67. The van der Waals surface area contributed by atoms with Gasteiger partial charge in [0.15, 0.2) is 0 Å². The van der Waals surface area contributed by atoms with Gasteiger partial charge in [-0.25, -0.2) is 0 Å². The Morgan fingerprint density at radius 3 is 2.73 bits per heavy atom. The summed E-state index contributed by atoms with van der Waals surface area (Å²) in [7, 11) is 1.82. The summed E-state index contributed by atoms with van der Waals surface area (Å²) in [5.41, 5.74) is -0.599. The molecule has 2 aliphatic rings. The van der Waals surface area contributed by atoms with E-state index >= 15 is 0 Å². The summed E-state index contributed by atoms with van der Waals surface area (Å²) in [6.07, 6.45) is 4.75. The molecular weight excluding hydrogens is 192 g/mol. The van der Waals surface area contributed by atoms with Gasteiger partial charge in [-0.15, -0.1) is 0 Å². The third-order valence-electron chi connectivity index (χ3n) is 3.67. The van der Waals surface area contributed by atoms with Crippen molar-refractivity contribution in [2.75, 3.05) is 20.1 Å². The lowest BCUT2D eigenvalue weighted by Crippen LogP contribution is -2.44. The van der Waals surface area contributed by atoms with E-state index < -0.39 is 5.60 Å². The minimum Gasteiger partial charge on any atom is -0.388 e. The Hall–Kier alpha value is -0.610. The number of aliphatic hydroxyl groups is 1. The molecule has 4 nitrogen and oxygen atoms in total.